The van der Waals surface area contributed by atoms with Crippen LogP contribution in [0.4, 0.5) is 15.8 Å². The average Bonchev–Trinajstić information content (AvgIpc) is 2.30. The van der Waals surface area contributed by atoms with E-state index in [0.717, 1.165) is 12.1 Å². The Bertz CT molecular complexity index is 792. The first-order chi connectivity index (χ1) is 9.70. The Morgan fingerprint density at radius 2 is 1.71 bits per heavy atom. The highest BCUT2D eigenvalue weighted by Crippen LogP contribution is 2.34. The molecule has 9 heteroatoms. The largest absolute Gasteiger partial charge is 0.399 e. The highest BCUT2D eigenvalue weighted by atomic mass is 79.9. The van der Waals surface area contributed by atoms with Gasteiger partial charge in [0, 0.05) is 10.2 Å². The molecule has 2 aromatic rings. The number of nitrogen functional groups attached to an aromatic ring is 1. The van der Waals surface area contributed by atoms with Crippen molar-refractivity contribution < 1.29 is 12.8 Å². The zero-order valence-corrected chi connectivity index (χ0v) is 14.1. The van der Waals surface area contributed by atoms with Gasteiger partial charge in [-0.05, 0) is 46.3 Å². The van der Waals surface area contributed by atoms with E-state index in [1.807, 2.05) is 0 Å². The van der Waals surface area contributed by atoms with Crippen molar-refractivity contribution >= 4 is 60.5 Å². The summed E-state index contributed by atoms with van der Waals surface area (Å²) < 4.78 is 40.2. The number of nitrogens with one attached hydrogen (secondary N) is 1. The quantitative estimate of drug-likeness (QED) is 0.737. The van der Waals surface area contributed by atoms with Crippen molar-refractivity contribution in [2.24, 2.45) is 0 Å². The normalized spacial score (nSPS) is 11.4. The van der Waals surface area contributed by atoms with E-state index in [0.29, 0.717) is 0 Å². The van der Waals surface area contributed by atoms with E-state index in [1.54, 1.807) is 0 Å². The van der Waals surface area contributed by atoms with E-state index in [-0.39, 0.29) is 30.8 Å². The summed E-state index contributed by atoms with van der Waals surface area (Å²) in [6.07, 6.45) is 0. The van der Waals surface area contributed by atoms with Crippen molar-refractivity contribution in [2.75, 3.05) is 10.5 Å². The molecule has 3 N–H and O–H groups in total. The summed E-state index contributed by atoms with van der Waals surface area (Å²) >= 11 is 14.9. The molecule has 2 aromatic carbocycles. The van der Waals surface area contributed by atoms with Gasteiger partial charge in [-0.2, -0.15) is 0 Å². The number of hydrogen-bond acceptors (Lipinski definition) is 3. The molecule has 4 nitrogen and oxygen atoms in total. The van der Waals surface area contributed by atoms with Gasteiger partial charge < -0.3 is 5.73 Å². The van der Waals surface area contributed by atoms with Crippen LogP contribution in [0.1, 0.15) is 0 Å². The van der Waals surface area contributed by atoms with Crippen LogP contribution in [0.5, 0.6) is 0 Å². The van der Waals surface area contributed by atoms with Gasteiger partial charge >= 0.3 is 0 Å². The maximum absolute atomic E-state index is 13.0. The van der Waals surface area contributed by atoms with Gasteiger partial charge in [-0.25, -0.2) is 12.8 Å². The Balaban J connectivity index is 2.48. The zero-order chi connectivity index (χ0) is 15.8. The molecule has 0 amide bonds. The van der Waals surface area contributed by atoms with Crippen molar-refractivity contribution in [2.45, 2.75) is 4.90 Å². The van der Waals surface area contributed by atoms with Gasteiger partial charge in [0.1, 0.15) is 10.7 Å². The fraction of sp³-hybridized carbons (Fsp3) is 0. The lowest BCUT2D eigenvalue weighted by Crippen LogP contribution is -2.14. The molecule has 0 aliphatic heterocycles. The third-order valence-electron chi connectivity index (χ3n) is 2.46. The Morgan fingerprint density at radius 1 is 1.14 bits per heavy atom. The van der Waals surface area contributed by atoms with Crippen LogP contribution < -0.4 is 10.5 Å². The second-order valence-corrected chi connectivity index (χ2v) is 7.33. The molecular weight excluding hydrogens is 406 g/mol. The Labute approximate surface area is 139 Å². The van der Waals surface area contributed by atoms with E-state index in [1.165, 1.54) is 18.2 Å². The molecule has 0 bridgehead atoms. The molecule has 0 atom stereocenters. The molecule has 0 spiro atoms. The second kappa shape index (κ2) is 6.00. The van der Waals surface area contributed by atoms with Crippen LogP contribution in [0.2, 0.25) is 10.0 Å². The van der Waals surface area contributed by atoms with Crippen LogP contribution in [-0.4, -0.2) is 8.42 Å². The van der Waals surface area contributed by atoms with Crippen LogP contribution in [0.15, 0.2) is 39.7 Å². The molecule has 21 heavy (non-hydrogen) atoms. The van der Waals surface area contributed by atoms with E-state index in [4.69, 9.17) is 28.9 Å². The van der Waals surface area contributed by atoms with Gasteiger partial charge in [0.05, 0.1) is 15.7 Å². The van der Waals surface area contributed by atoms with Crippen molar-refractivity contribution in [1.82, 2.24) is 0 Å². The van der Waals surface area contributed by atoms with Crippen LogP contribution in [0.3, 0.4) is 0 Å². The molecule has 0 aromatic heterocycles. The lowest BCUT2D eigenvalue weighted by Gasteiger charge is -2.12. The number of benzene rings is 2. The Morgan fingerprint density at radius 3 is 2.24 bits per heavy atom. The number of sulfonamides is 1. The summed E-state index contributed by atoms with van der Waals surface area (Å²) in [6.45, 7) is 0. The Hall–Kier alpha value is -1.02. The van der Waals surface area contributed by atoms with Crippen LogP contribution in [-0.2, 0) is 10.0 Å². The maximum Gasteiger partial charge on any atom is 0.264 e. The first-order valence-electron chi connectivity index (χ1n) is 5.43. The van der Waals surface area contributed by atoms with Gasteiger partial charge in [-0.3, -0.25) is 4.72 Å². The van der Waals surface area contributed by atoms with E-state index < -0.39 is 15.8 Å². The predicted molar refractivity (Wildman–Crippen MR) is 85.8 cm³/mol. The smallest absolute Gasteiger partial charge is 0.264 e. The highest BCUT2D eigenvalue weighted by Gasteiger charge is 2.23. The van der Waals surface area contributed by atoms with Crippen LogP contribution in [0.25, 0.3) is 0 Å². The average molecular weight is 414 g/mol. The zero-order valence-electron chi connectivity index (χ0n) is 10.2. The maximum atomic E-state index is 13.0. The van der Waals surface area contributed by atoms with Crippen LogP contribution in [0, 0.1) is 5.82 Å². The number of halogens is 4. The summed E-state index contributed by atoms with van der Waals surface area (Å²) in [7, 11) is -4.05. The van der Waals surface area contributed by atoms with Crippen LogP contribution >= 0.6 is 39.1 Å². The van der Waals surface area contributed by atoms with Gasteiger partial charge in [0.25, 0.3) is 10.0 Å². The molecule has 0 saturated heterocycles. The summed E-state index contributed by atoms with van der Waals surface area (Å²) in [5.74, 6) is -0.506. The van der Waals surface area contributed by atoms with Gasteiger partial charge in [0.15, 0.2) is 0 Å². The molecule has 0 aliphatic carbocycles. The predicted octanol–water partition coefficient (Wildman–Crippen LogP) is 4.28. The first-order valence-corrected chi connectivity index (χ1v) is 8.46. The van der Waals surface area contributed by atoms with E-state index in [2.05, 4.69) is 20.7 Å². The van der Waals surface area contributed by atoms with Gasteiger partial charge in [-0.1, -0.05) is 23.2 Å². The lowest BCUT2D eigenvalue weighted by molar-refractivity contribution is 0.601. The number of anilines is 2. The molecule has 112 valence electrons. The molecule has 0 fully saturated rings. The number of hydrogen-bond donors (Lipinski definition) is 2. The summed E-state index contributed by atoms with van der Waals surface area (Å²) in [5.41, 5.74) is 5.93. The van der Waals surface area contributed by atoms with Gasteiger partial charge in [0.2, 0.25) is 0 Å². The first kappa shape index (κ1) is 16.4. The molecule has 0 heterocycles. The summed E-state index contributed by atoms with van der Waals surface area (Å²) in [5, 5.41) is -0.212. The summed E-state index contributed by atoms with van der Waals surface area (Å²) in [4.78, 5) is -0.295. The fourth-order valence-electron chi connectivity index (χ4n) is 1.60. The molecule has 0 radical (unpaired) electrons. The molecule has 0 saturated carbocycles. The third kappa shape index (κ3) is 3.60. The van der Waals surface area contributed by atoms with Crippen molar-refractivity contribution in [3.8, 4) is 0 Å². The minimum atomic E-state index is -4.05. The fourth-order valence-corrected chi connectivity index (χ4v) is 4.50. The minimum Gasteiger partial charge on any atom is -0.399 e. The van der Waals surface area contributed by atoms with Crippen molar-refractivity contribution in [1.29, 1.82) is 0 Å². The Kier molecular flexibility index (Phi) is 4.67. The number of rotatable bonds is 3. The third-order valence-corrected chi connectivity index (χ3v) is 5.41. The van der Waals surface area contributed by atoms with Gasteiger partial charge in [-0.15, -0.1) is 0 Å². The molecule has 0 unspecified atom stereocenters. The SMILES string of the molecule is Nc1cc(Cl)c(S(=O)(=O)Nc2ccc(F)cc2Br)c(Cl)c1. The van der Waals surface area contributed by atoms with Crippen molar-refractivity contribution in [3.05, 3.63) is 50.7 Å². The highest BCUT2D eigenvalue weighted by molar-refractivity contribution is 9.10. The molecule has 0 aliphatic rings. The van der Waals surface area contributed by atoms with E-state index >= 15 is 0 Å². The monoisotopic (exact) mass is 412 g/mol. The molecule has 2 rings (SSSR count). The van der Waals surface area contributed by atoms with E-state index in [9.17, 15) is 12.8 Å². The van der Waals surface area contributed by atoms with Crippen molar-refractivity contribution in [3.63, 3.8) is 0 Å². The topological polar surface area (TPSA) is 72.2 Å². The molecular formula is C12H8BrCl2FN2O2S. The minimum absolute atomic E-state index is 0.106. The lowest BCUT2D eigenvalue weighted by atomic mass is 10.3. The standard InChI is InChI=1S/C12H8BrCl2FN2O2S/c13-8-3-6(16)1-2-11(8)18-21(19,20)12-9(14)4-7(17)5-10(12)15/h1-5,18H,17H2. The number of nitrogens with two attached hydrogens (primary N) is 1. The second-order valence-electron chi connectivity index (χ2n) is 4.04. The summed E-state index contributed by atoms with van der Waals surface area (Å²) in [6, 6.07) is 6.08.